The highest BCUT2D eigenvalue weighted by Gasteiger charge is 2.22. The molecule has 0 heterocycles. The van der Waals surface area contributed by atoms with Crippen LogP contribution in [0.5, 0.6) is 0 Å². The Labute approximate surface area is 99.8 Å². The molecule has 0 bridgehead atoms. The second-order valence-electron chi connectivity index (χ2n) is 4.23. The van der Waals surface area contributed by atoms with Gasteiger partial charge >= 0.3 is 0 Å². The number of nitrogens with one attached hydrogen (secondary N) is 1. The normalized spacial score (nSPS) is 12.6. The Morgan fingerprint density at radius 2 is 1.76 bits per heavy atom. The van der Waals surface area contributed by atoms with Crippen LogP contribution in [0.2, 0.25) is 0 Å². The van der Waals surface area contributed by atoms with Gasteiger partial charge in [-0.3, -0.25) is 9.59 Å². The summed E-state index contributed by atoms with van der Waals surface area (Å²) in [6.07, 6.45) is 0.910. The van der Waals surface area contributed by atoms with Crippen LogP contribution in [0.4, 0.5) is 5.69 Å². The maximum absolute atomic E-state index is 11.6. The molecule has 0 aliphatic heterocycles. The van der Waals surface area contributed by atoms with E-state index in [-0.39, 0.29) is 11.5 Å². The smallest absolute Gasteiger partial charge is 0.250 e. The molecule has 0 aliphatic rings. The van der Waals surface area contributed by atoms with Crippen molar-refractivity contribution >= 4 is 5.69 Å². The molecule has 1 N–H and O–H groups in total. The van der Waals surface area contributed by atoms with E-state index in [1.54, 1.807) is 0 Å². The molecule has 0 radical (unpaired) electrons. The fraction of sp³-hybridized carbons (Fsp3) is 0.286. The Bertz CT molecular complexity index is 580. The van der Waals surface area contributed by atoms with Crippen molar-refractivity contribution in [2.75, 3.05) is 5.32 Å². The number of hydrogen-bond donors (Lipinski definition) is 1. The van der Waals surface area contributed by atoms with Crippen LogP contribution in [-0.4, -0.2) is 6.04 Å². The van der Waals surface area contributed by atoms with E-state index in [1.807, 2.05) is 44.2 Å². The van der Waals surface area contributed by atoms with E-state index in [2.05, 4.69) is 5.32 Å². The van der Waals surface area contributed by atoms with Crippen LogP contribution in [0.1, 0.15) is 20.3 Å². The van der Waals surface area contributed by atoms with E-state index in [1.165, 1.54) is 0 Å². The van der Waals surface area contributed by atoms with Gasteiger partial charge in [-0.2, -0.15) is 0 Å². The van der Waals surface area contributed by atoms with Gasteiger partial charge in [-0.1, -0.05) is 37.3 Å². The molecule has 2 rings (SSSR count). The Balaban J connectivity index is 2.40. The van der Waals surface area contributed by atoms with Gasteiger partial charge in [-0.25, -0.2) is 0 Å². The van der Waals surface area contributed by atoms with Crippen LogP contribution in [0.15, 0.2) is 39.9 Å². The van der Waals surface area contributed by atoms with Crippen molar-refractivity contribution in [1.82, 2.24) is 0 Å². The molecular formula is C14H15NO2. The predicted molar refractivity (Wildman–Crippen MR) is 70.2 cm³/mol. The van der Waals surface area contributed by atoms with E-state index < -0.39 is 5.43 Å². The van der Waals surface area contributed by atoms with Crippen LogP contribution < -0.4 is 16.2 Å². The van der Waals surface area contributed by atoms with Crippen molar-refractivity contribution in [3.8, 4) is 11.1 Å². The quantitative estimate of drug-likeness (QED) is 0.817. The molecule has 17 heavy (non-hydrogen) atoms. The monoisotopic (exact) mass is 229 g/mol. The number of benzene rings is 1. The van der Waals surface area contributed by atoms with Gasteiger partial charge in [0.25, 0.3) is 0 Å². The first kappa shape index (κ1) is 11.6. The summed E-state index contributed by atoms with van der Waals surface area (Å²) in [6, 6.07) is 9.49. The summed E-state index contributed by atoms with van der Waals surface area (Å²) in [5.74, 6) is 0. The Kier molecular flexibility index (Phi) is 3.09. The average molecular weight is 229 g/mol. The summed E-state index contributed by atoms with van der Waals surface area (Å²) in [5, 5.41) is 3.10. The fourth-order valence-corrected chi connectivity index (χ4v) is 1.76. The lowest BCUT2D eigenvalue weighted by molar-refractivity contribution is 0.762. The first-order chi connectivity index (χ1) is 8.15. The highest BCUT2D eigenvalue weighted by Crippen LogP contribution is 2.23. The number of anilines is 1. The van der Waals surface area contributed by atoms with Crippen molar-refractivity contribution < 1.29 is 0 Å². The molecule has 0 aliphatic carbocycles. The van der Waals surface area contributed by atoms with Gasteiger partial charge in [0.15, 0.2) is 0 Å². The zero-order valence-electron chi connectivity index (χ0n) is 9.99. The minimum Gasteiger partial charge on any atom is -0.379 e. The van der Waals surface area contributed by atoms with Gasteiger partial charge < -0.3 is 5.32 Å². The van der Waals surface area contributed by atoms with Gasteiger partial charge in [0.2, 0.25) is 10.9 Å². The lowest BCUT2D eigenvalue weighted by atomic mass is 9.98. The molecule has 1 unspecified atom stereocenters. The SMILES string of the molecule is CCC(C)Nc1c(-c2ccccc2)c(=O)c1=O. The zero-order chi connectivity index (χ0) is 12.4. The van der Waals surface area contributed by atoms with Gasteiger partial charge in [0.1, 0.15) is 0 Å². The molecule has 0 saturated carbocycles. The van der Waals surface area contributed by atoms with E-state index in [0.717, 1.165) is 12.0 Å². The van der Waals surface area contributed by atoms with Crippen molar-refractivity contribution in [2.45, 2.75) is 26.3 Å². The third kappa shape index (κ3) is 2.00. The average Bonchev–Trinajstić information content (AvgIpc) is 2.38. The summed E-state index contributed by atoms with van der Waals surface area (Å²) in [4.78, 5) is 23.1. The minimum absolute atomic E-state index is 0.195. The van der Waals surface area contributed by atoms with Crippen LogP contribution >= 0.6 is 0 Å². The van der Waals surface area contributed by atoms with Crippen LogP contribution in [0.3, 0.4) is 0 Å². The molecule has 1 atom stereocenters. The van der Waals surface area contributed by atoms with E-state index in [0.29, 0.717) is 11.3 Å². The largest absolute Gasteiger partial charge is 0.379 e. The van der Waals surface area contributed by atoms with E-state index in [9.17, 15) is 9.59 Å². The van der Waals surface area contributed by atoms with Crippen LogP contribution in [0.25, 0.3) is 11.1 Å². The summed E-state index contributed by atoms with van der Waals surface area (Å²) >= 11 is 0. The van der Waals surface area contributed by atoms with Gasteiger partial charge in [0, 0.05) is 6.04 Å². The maximum atomic E-state index is 11.6. The van der Waals surface area contributed by atoms with Gasteiger partial charge in [0.05, 0.1) is 11.3 Å². The van der Waals surface area contributed by atoms with Crippen molar-refractivity contribution in [2.24, 2.45) is 0 Å². The molecule has 88 valence electrons. The Hall–Kier alpha value is -1.90. The summed E-state index contributed by atoms with van der Waals surface area (Å²) in [5.41, 5.74) is 1.01. The minimum atomic E-state index is -0.399. The maximum Gasteiger partial charge on any atom is 0.250 e. The van der Waals surface area contributed by atoms with Crippen molar-refractivity contribution in [3.05, 3.63) is 50.8 Å². The summed E-state index contributed by atoms with van der Waals surface area (Å²) in [6.45, 7) is 4.02. The summed E-state index contributed by atoms with van der Waals surface area (Å²) in [7, 11) is 0. The van der Waals surface area contributed by atoms with Gasteiger partial charge in [-0.05, 0) is 18.9 Å². The first-order valence-electron chi connectivity index (χ1n) is 5.80. The molecule has 2 aromatic carbocycles. The number of hydrogen-bond acceptors (Lipinski definition) is 3. The lowest BCUT2D eigenvalue weighted by Gasteiger charge is -2.17. The third-order valence-electron chi connectivity index (χ3n) is 2.98. The summed E-state index contributed by atoms with van der Waals surface area (Å²) < 4.78 is 0. The lowest BCUT2D eigenvalue weighted by Crippen LogP contribution is -2.38. The predicted octanol–water partition coefficient (Wildman–Crippen LogP) is 2.16. The molecule has 0 fully saturated rings. The van der Waals surface area contributed by atoms with Crippen LogP contribution in [0, 0.1) is 0 Å². The molecular weight excluding hydrogens is 214 g/mol. The molecule has 0 spiro atoms. The molecule has 3 nitrogen and oxygen atoms in total. The Morgan fingerprint density at radius 3 is 2.35 bits per heavy atom. The first-order valence-corrected chi connectivity index (χ1v) is 5.80. The molecule has 0 amide bonds. The highest BCUT2D eigenvalue weighted by molar-refractivity contribution is 5.81. The van der Waals surface area contributed by atoms with Crippen molar-refractivity contribution in [3.63, 3.8) is 0 Å². The topological polar surface area (TPSA) is 46.2 Å². The van der Waals surface area contributed by atoms with E-state index >= 15 is 0 Å². The van der Waals surface area contributed by atoms with E-state index in [4.69, 9.17) is 0 Å². The number of rotatable bonds is 4. The van der Waals surface area contributed by atoms with Gasteiger partial charge in [-0.15, -0.1) is 0 Å². The standard InChI is InChI=1S/C14H15NO2/c1-3-9(2)15-12-11(13(16)14(12)17)10-7-5-4-6-8-10/h4-9,15H,3H2,1-2H3. The highest BCUT2D eigenvalue weighted by atomic mass is 16.2. The second-order valence-corrected chi connectivity index (χ2v) is 4.23. The second kappa shape index (κ2) is 4.53. The molecule has 2 aromatic rings. The van der Waals surface area contributed by atoms with Crippen LogP contribution in [-0.2, 0) is 0 Å². The van der Waals surface area contributed by atoms with Crippen molar-refractivity contribution in [1.29, 1.82) is 0 Å². The molecule has 0 aromatic heterocycles. The Morgan fingerprint density at radius 1 is 1.12 bits per heavy atom. The zero-order valence-corrected chi connectivity index (χ0v) is 9.99. The molecule has 0 saturated heterocycles. The third-order valence-corrected chi connectivity index (χ3v) is 2.98. The molecule has 3 heteroatoms. The fourth-order valence-electron chi connectivity index (χ4n) is 1.76.